The minimum atomic E-state index is -3.13. The van der Waals surface area contributed by atoms with E-state index >= 15 is 0 Å². The molecule has 0 radical (unpaired) electrons. The quantitative estimate of drug-likeness (QED) is 0.510. The number of para-hydroxylation sites is 1. The third kappa shape index (κ3) is 5.35. The van der Waals surface area contributed by atoms with Gasteiger partial charge in [-0.15, -0.1) is 0 Å². The van der Waals surface area contributed by atoms with Crippen molar-refractivity contribution in [3.63, 3.8) is 0 Å². The molecule has 0 saturated heterocycles. The molecule has 9 nitrogen and oxygen atoms in total. The highest BCUT2D eigenvalue weighted by Crippen LogP contribution is 2.34. The first-order chi connectivity index (χ1) is 15.3. The molecule has 170 valence electrons. The van der Waals surface area contributed by atoms with Gasteiger partial charge in [-0.3, -0.25) is 0 Å². The van der Waals surface area contributed by atoms with Crippen LogP contribution >= 0.6 is 11.6 Å². The zero-order valence-corrected chi connectivity index (χ0v) is 17.4. The van der Waals surface area contributed by atoms with E-state index in [1.165, 1.54) is 36.5 Å². The number of aromatic amines is 1. The maximum atomic E-state index is 12.9. The Labute approximate surface area is 185 Å². The fourth-order valence-corrected chi connectivity index (χ4v) is 3.20. The number of carbonyl (C=O) groups excluding carboxylic acids is 3. The second kappa shape index (κ2) is 10.1. The summed E-state index contributed by atoms with van der Waals surface area (Å²) in [5, 5.41) is 5.18. The lowest BCUT2D eigenvalue weighted by molar-refractivity contribution is -0.139. The maximum absolute atomic E-state index is 12.9. The van der Waals surface area contributed by atoms with Gasteiger partial charge in [0.05, 0.1) is 28.9 Å². The highest BCUT2D eigenvalue weighted by Gasteiger charge is 2.36. The molecule has 3 rings (SSSR count). The lowest BCUT2D eigenvalue weighted by atomic mass is 9.94. The monoisotopic (exact) mass is 469 g/mol. The summed E-state index contributed by atoms with van der Waals surface area (Å²) in [4.78, 5) is 39.8. The zero-order valence-electron chi connectivity index (χ0n) is 16.6. The number of benzene rings is 1. The highest BCUT2D eigenvalue weighted by molar-refractivity contribution is 6.30. The number of hydrogen-bond acceptors (Lipinski definition) is 6. The van der Waals surface area contributed by atoms with E-state index in [1.807, 2.05) is 0 Å². The van der Waals surface area contributed by atoms with Crippen molar-refractivity contribution in [2.45, 2.75) is 19.6 Å². The van der Waals surface area contributed by atoms with Crippen LogP contribution in [-0.2, 0) is 14.3 Å². The van der Waals surface area contributed by atoms with E-state index < -0.39 is 37.2 Å². The Morgan fingerprint density at radius 1 is 1.19 bits per heavy atom. The van der Waals surface area contributed by atoms with Crippen LogP contribution in [0.1, 0.15) is 29.0 Å². The number of H-pyrrole nitrogens is 1. The molecular weight excluding hydrogens is 452 g/mol. The number of ether oxygens (including phenoxy) is 3. The van der Waals surface area contributed by atoms with Crippen LogP contribution in [0.25, 0.3) is 0 Å². The number of aromatic nitrogens is 1. The van der Waals surface area contributed by atoms with Crippen LogP contribution in [0, 0.1) is 0 Å². The standard InChI is InChI=1S/C20H18ClF2N3O6/c1-2-30-18(28)15-13(9-31-17(27)12-7-10(21)8-24-12)25-20(29)26-16(15)11-5-3-4-6-14(11)32-19(22)23/h3-8,16,19,24H,2,9H2,1H3,(H2,25,26,29). The van der Waals surface area contributed by atoms with Crippen molar-refractivity contribution < 1.29 is 37.4 Å². The molecule has 0 fully saturated rings. The molecule has 1 aliphatic heterocycles. The van der Waals surface area contributed by atoms with Gasteiger partial charge in [-0.05, 0) is 19.1 Å². The predicted molar refractivity (Wildman–Crippen MR) is 107 cm³/mol. The van der Waals surface area contributed by atoms with Crippen molar-refractivity contribution in [2.24, 2.45) is 0 Å². The number of alkyl halides is 2. The Balaban J connectivity index is 1.98. The van der Waals surface area contributed by atoms with E-state index in [1.54, 1.807) is 6.92 Å². The van der Waals surface area contributed by atoms with E-state index in [4.69, 9.17) is 21.1 Å². The number of esters is 2. The molecule has 0 aliphatic carbocycles. The number of amides is 2. The molecule has 0 bridgehead atoms. The molecular formula is C20H18ClF2N3O6. The summed E-state index contributed by atoms with van der Waals surface area (Å²) in [6.07, 6.45) is 1.38. The van der Waals surface area contributed by atoms with Gasteiger partial charge >= 0.3 is 24.6 Å². The van der Waals surface area contributed by atoms with Crippen molar-refractivity contribution in [3.05, 3.63) is 64.1 Å². The SMILES string of the molecule is CCOC(=O)C1=C(COC(=O)c2cc(Cl)c[nH]2)NC(=O)NC1c1ccccc1OC(F)F. The minimum Gasteiger partial charge on any atom is -0.463 e. The summed E-state index contributed by atoms with van der Waals surface area (Å²) in [6.45, 7) is -2.06. The Morgan fingerprint density at radius 3 is 2.59 bits per heavy atom. The lowest BCUT2D eigenvalue weighted by Crippen LogP contribution is -2.47. The first kappa shape index (κ1) is 23.1. The smallest absolute Gasteiger partial charge is 0.387 e. The number of carbonyl (C=O) groups is 3. The fraction of sp³-hybridized carbons (Fsp3) is 0.250. The van der Waals surface area contributed by atoms with E-state index in [-0.39, 0.29) is 39.9 Å². The summed E-state index contributed by atoms with van der Waals surface area (Å²) in [5.41, 5.74) is -0.0596. The van der Waals surface area contributed by atoms with Crippen molar-refractivity contribution in [1.82, 2.24) is 15.6 Å². The topological polar surface area (TPSA) is 119 Å². The molecule has 0 saturated carbocycles. The highest BCUT2D eigenvalue weighted by atomic mass is 35.5. The van der Waals surface area contributed by atoms with Crippen LogP contribution in [0.2, 0.25) is 5.02 Å². The molecule has 2 amide bonds. The number of rotatable bonds is 8. The van der Waals surface area contributed by atoms with Crippen molar-refractivity contribution in [3.8, 4) is 5.75 Å². The molecule has 32 heavy (non-hydrogen) atoms. The van der Waals surface area contributed by atoms with E-state index in [0.717, 1.165) is 0 Å². The third-order valence-corrected chi connectivity index (χ3v) is 4.53. The average Bonchev–Trinajstić information content (AvgIpc) is 3.18. The molecule has 1 unspecified atom stereocenters. The molecule has 2 heterocycles. The van der Waals surface area contributed by atoms with Gasteiger partial charge in [0, 0.05) is 11.8 Å². The largest absolute Gasteiger partial charge is 0.463 e. The number of nitrogens with one attached hydrogen (secondary N) is 3. The first-order valence-electron chi connectivity index (χ1n) is 9.32. The van der Waals surface area contributed by atoms with Crippen LogP contribution in [0.15, 0.2) is 47.8 Å². The van der Waals surface area contributed by atoms with Crippen LogP contribution in [-0.4, -0.2) is 42.8 Å². The van der Waals surface area contributed by atoms with Crippen molar-refractivity contribution >= 4 is 29.6 Å². The molecule has 1 aromatic carbocycles. The van der Waals surface area contributed by atoms with Crippen LogP contribution in [0.3, 0.4) is 0 Å². The second-order valence-corrected chi connectivity index (χ2v) is 6.80. The summed E-state index contributed by atoms with van der Waals surface area (Å²) < 4.78 is 40.5. The van der Waals surface area contributed by atoms with Gasteiger partial charge < -0.3 is 29.8 Å². The molecule has 1 aromatic heterocycles. The van der Waals surface area contributed by atoms with E-state index in [0.29, 0.717) is 0 Å². The summed E-state index contributed by atoms with van der Waals surface area (Å²) in [7, 11) is 0. The Bertz CT molecular complexity index is 1060. The predicted octanol–water partition coefficient (Wildman–Crippen LogP) is 3.30. The summed E-state index contributed by atoms with van der Waals surface area (Å²) >= 11 is 5.77. The van der Waals surface area contributed by atoms with Crippen LogP contribution in [0.5, 0.6) is 5.75 Å². The van der Waals surface area contributed by atoms with Crippen molar-refractivity contribution in [1.29, 1.82) is 0 Å². The second-order valence-electron chi connectivity index (χ2n) is 6.37. The third-order valence-electron chi connectivity index (χ3n) is 4.31. The summed E-state index contributed by atoms with van der Waals surface area (Å²) in [6, 6.07) is 5.06. The number of hydrogen-bond donors (Lipinski definition) is 3. The van der Waals surface area contributed by atoms with Gasteiger partial charge in [-0.25, -0.2) is 14.4 Å². The maximum Gasteiger partial charge on any atom is 0.387 e. The lowest BCUT2D eigenvalue weighted by Gasteiger charge is -2.30. The van der Waals surface area contributed by atoms with E-state index in [2.05, 4.69) is 20.4 Å². The molecule has 0 spiro atoms. The van der Waals surface area contributed by atoms with Gasteiger partial charge in [0.25, 0.3) is 0 Å². The molecule has 1 aliphatic rings. The van der Waals surface area contributed by atoms with Gasteiger partial charge in [0.1, 0.15) is 18.1 Å². The Kier molecular flexibility index (Phi) is 7.31. The zero-order chi connectivity index (χ0) is 23.3. The number of halogens is 3. The van der Waals surface area contributed by atoms with Gasteiger partial charge in [-0.1, -0.05) is 29.8 Å². The van der Waals surface area contributed by atoms with Crippen molar-refractivity contribution in [2.75, 3.05) is 13.2 Å². The normalized spacial score (nSPS) is 15.8. The van der Waals surface area contributed by atoms with E-state index in [9.17, 15) is 23.2 Å². The molecule has 12 heteroatoms. The Morgan fingerprint density at radius 2 is 1.94 bits per heavy atom. The fourth-order valence-electron chi connectivity index (χ4n) is 3.04. The molecule has 1 atom stereocenters. The molecule has 2 aromatic rings. The van der Waals surface area contributed by atoms with Gasteiger partial charge in [0.15, 0.2) is 0 Å². The first-order valence-corrected chi connectivity index (χ1v) is 9.70. The minimum absolute atomic E-state index is 0.00617. The summed E-state index contributed by atoms with van der Waals surface area (Å²) in [5.74, 6) is -1.88. The average molecular weight is 470 g/mol. The van der Waals surface area contributed by atoms with Gasteiger partial charge in [0.2, 0.25) is 0 Å². The Hall–Kier alpha value is -3.60. The van der Waals surface area contributed by atoms with Gasteiger partial charge in [-0.2, -0.15) is 8.78 Å². The number of urea groups is 1. The molecule has 3 N–H and O–H groups in total. The van der Waals surface area contributed by atoms with Crippen LogP contribution in [0.4, 0.5) is 13.6 Å². The van der Waals surface area contributed by atoms with Crippen LogP contribution < -0.4 is 15.4 Å².